The Morgan fingerprint density at radius 1 is 1.27 bits per heavy atom. The molecule has 6 heteroatoms. The summed E-state index contributed by atoms with van der Waals surface area (Å²) in [6, 6.07) is -0.0888. The van der Waals surface area contributed by atoms with Crippen LogP contribution in [0.5, 0.6) is 0 Å². The number of hydrogen-bond acceptors (Lipinski definition) is 4. The molecule has 2 aliphatic carbocycles. The van der Waals surface area contributed by atoms with Gasteiger partial charge in [0.2, 0.25) is 10.0 Å². The molecular formula is C20H36N2O3S. The molecule has 1 heterocycles. The highest BCUT2D eigenvalue weighted by Gasteiger charge is 2.46. The molecule has 26 heavy (non-hydrogen) atoms. The lowest BCUT2D eigenvalue weighted by molar-refractivity contribution is -0.141. The van der Waals surface area contributed by atoms with Crippen molar-refractivity contribution in [1.29, 1.82) is 0 Å². The summed E-state index contributed by atoms with van der Waals surface area (Å²) in [6.07, 6.45) is 12.3. The number of hydrogen-bond donors (Lipinski definition) is 1. The summed E-state index contributed by atoms with van der Waals surface area (Å²) in [7, 11) is -3.26. The van der Waals surface area contributed by atoms with Gasteiger partial charge in [-0.15, -0.1) is 0 Å². The maximum absolute atomic E-state index is 12.5. The van der Waals surface area contributed by atoms with E-state index >= 15 is 0 Å². The first-order valence-electron chi connectivity index (χ1n) is 10.4. The normalized spacial score (nSPS) is 33.8. The summed E-state index contributed by atoms with van der Waals surface area (Å²) in [5, 5.41) is 0. The van der Waals surface area contributed by atoms with E-state index in [4.69, 9.17) is 4.74 Å². The Hall–Kier alpha value is -0.430. The van der Waals surface area contributed by atoms with E-state index in [1.807, 2.05) is 13.8 Å². The summed E-state index contributed by atoms with van der Waals surface area (Å²) in [6.45, 7) is 7.56. The van der Waals surface area contributed by atoms with Crippen molar-refractivity contribution >= 4 is 10.0 Å². The minimum atomic E-state index is -3.26. The molecule has 0 amide bonds. The summed E-state index contributed by atoms with van der Waals surface area (Å²) >= 11 is 0. The molecule has 1 saturated heterocycles. The van der Waals surface area contributed by atoms with Gasteiger partial charge in [0.05, 0.1) is 24.0 Å². The Morgan fingerprint density at radius 2 is 2.12 bits per heavy atom. The fourth-order valence-electron chi connectivity index (χ4n) is 4.87. The number of ether oxygens (including phenoxy) is 1. The molecule has 1 aliphatic heterocycles. The predicted octanol–water partition coefficient (Wildman–Crippen LogP) is 2.93. The van der Waals surface area contributed by atoms with Gasteiger partial charge in [0.1, 0.15) is 0 Å². The minimum Gasteiger partial charge on any atom is -0.371 e. The van der Waals surface area contributed by atoms with E-state index in [-0.39, 0.29) is 23.3 Å². The van der Waals surface area contributed by atoms with Gasteiger partial charge in [-0.3, -0.25) is 4.90 Å². The molecule has 3 aliphatic rings. The molecule has 0 aromatic rings. The van der Waals surface area contributed by atoms with Crippen LogP contribution in [0.1, 0.15) is 58.8 Å². The molecule has 3 atom stereocenters. The van der Waals surface area contributed by atoms with Crippen LogP contribution in [0, 0.1) is 11.8 Å². The van der Waals surface area contributed by atoms with Crippen LogP contribution in [-0.4, -0.2) is 57.0 Å². The quantitative estimate of drug-likeness (QED) is 0.716. The lowest BCUT2D eigenvalue weighted by Gasteiger charge is -2.50. The maximum Gasteiger partial charge on any atom is 0.212 e. The first kappa shape index (κ1) is 20.3. The third kappa shape index (κ3) is 5.31. The van der Waals surface area contributed by atoms with Gasteiger partial charge in [-0.2, -0.15) is 0 Å². The van der Waals surface area contributed by atoms with E-state index in [1.54, 1.807) is 0 Å². The van der Waals surface area contributed by atoms with Crippen LogP contribution in [0.3, 0.4) is 0 Å². The van der Waals surface area contributed by atoms with Crippen LogP contribution < -0.4 is 4.72 Å². The molecule has 5 nitrogen and oxygen atoms in total. The molecular weight excluding hydrogens is 348 g/mol. The SMILES string of the molecule is CC(C)CS(=O)(=O)N[C@@H]1CCCC[C@]12CN(C[C@@H]1CC=CCC1)CCO2. The second-order valence-corrected chi connectivity index (χ2v) is 10.7. The largest absolute Gasteiger partial charge is 0.371 e. The third-order valence-corrected chi connectivity index (χ3v) is 7.78. The first-order chi connectivity index (χ1) is 12.4. The maximum atomic E-state index is 12.5. The zero-order valence-corrected chi connectivity index (χ0v) is 17.3. The Kier molecular flexibility index (Phi) is 6.81. The lowest BCUT2D eigenvalue weighted by atomic mass is 9.79. The van der Waals surface area contributed by atoms with Gasteiger partial charge in [0.25, 0.3) is 0 Å². The van der Waals surface area contributed by atoms with Crippen molar-refractivity contribution in [1.82, 2.24) is 9.62 Å². The molecule has 1 N–H and O–H groups in total. The molecule has 1 spiro atoms. The Labute approximate surface area is 159 Å². The monoisotopic (exact) mass is 384 g/mol. The molecule has 0 aromatic heterocycles. The van der Waals surface area contributed by atoms with E-state index in [0.29, 0.717) is 6.61 Å². The standard InChI is InChI=1S/C20H36N2O3S/c1-17(2)15-26(23,24)21-19-10-6-7-11-20(19)16-22(12-13-25-20)14-18-8-4-3-5-9-18/h3-4,17-19,21H,5-16H2,1-2H3/t18-,19-,20+/m1/s1. The van der Waals surface area contributed by atoms with Crippen LogP contribution in [0.25, 0.3) is 0 Å². The van der Waals surface area contributed by atoms with Gasteiger partial charge in [-0.1, -0.05) is 38.8 Å². The van der Waals surface area contributed by atoms with Crippen LogP contribution in [0.2, 0.25) is 0 Å². The number of allylic oxidation sites excluding steroid dienone is 2. The number of morpholine rings is 1. The Balaban J connectivity index is 1.67. The summed E-state index contributed by atoms with van der Waals surface area (Å²) < 4.78 is 34.4. The molecule has 1 saturated carbocycles. The number of rotatable bonds is 6. The molecule has 150 valence electrons. The highest BCUT2D eigenvalue weighted by Crippen LogP contribution is 2.36. The second-order valence-electron chi connectivity index (χ2n) is 8.89. The molecule has 0 radical (unpaired) electrons. The average molecular weight is 385 g/mol. The van der Waals surface area contributed by atoms with E-state index in [0.717, 1.165) is 51.2 Å². The minimum absolute atomic E-state index is 0.0888. The summed E-state index contributed by atoms with van der Waals surface area (Å²) in [4.78, 5) is 2.53. The van der Waals surface area contributed by atoms with Gasteiger partial charge in [-0.05, 0) is 43.9 Å². The number of nitrogens with one attached hydrogen (secondary N) is 1. The van der Waals surface area contributed by atoms with Gasteiger partial charge < -0.3 is 4.74 Å². The molecule has 2 fully saturated rings. The summed E-state index contributed by atoms with van der Waals surface area (Å²) in [5.41, 5.74) is -0.342. The van der Waals surface area contributed by atoms with Crippen molar-refractivity contribution in [3.63, 3.8) is 0 Å². The van der Waals surface area contributed by atoms with Crippen LogP contribution in [-0.2, 0) is 14.8 Å². The zero-order chi connectivity index (χ0) is 18.6. The van der Waals surface area contributed by atoms with Gasteiger partial charge >= 0.3 is 0 Å². The Morgan fingerprint density at radius 3 is 2.85 bits per heavy atom. The molecule has 0 bridgehead atoms. The van der Waals surface area contributed by atoms with Crippen LogP contribution in [0.4, 0.5) is 0 Å². The highest BCUT2D eigenvalue weighted by atomic mass is 32.2. The van der Waals surface area contributed by atoms with E-state index in [9.17, 15) is 8.42 Å². The zero-order valence-electron chi connectivity index (χ0n) is 16.5. The summed E-state index contributed by atoms with van der Waals surface area (Å²) in [5.74, 6) is 1.06. The fraction of sp³-hybridized carbons (Fsp3) is 0.900. The highest BCUT2D eigenvalue weighted by molar-refractivity contribution is 7.89. The second kappa shape index (κ2) is 8.72. The van der Waals surface area contributed by atoms with E-state index in [2.05, 4.69) is 21.8 Å². The third-order valence-electron chi connectivity index (χ3n) is 6.03. The van der Waals surface area contributed by atoms with Crippen molar-refractivity contribution in [2.24, 2.45) is 11.8 Å². The molecule has 3 rings (SSSR count). The lowest BCUT2D eigenvalue weighted by Crippen LogP contribution is -2.64. The van der Waals surface area contributed by atoms with Crippen molar-refractivity contribution in [2.45, 2.75) is 70.4 Å². The number of nitrogens with zero attached hydrogens (tertiary/aromatic N) is 1. The van der Waals surface area contributed by atoms with Crippen LogP contribution >= 0.6 is 0 Å². The van der Waals surface area contributed by atoms with E-state index in [1.165, 1.54) is 19.3 Å². The average Bonchev–Trinajstić information content (AvgIpc) is 2.57. The number of sulfonamides is 1. The topological polar surface area (TPSA) is 58.6 Å². The molecule has 0 aromatic carbocycles. The van der Waals surface area contributed by atoms with Crippen molar-refractivity contribution in [2.75, 3.05) is 32.0 Å². The van der Waals surface area contributed by atoms with Gasteiger partial charge in [0.15, 0.2) is 0 Å². The fourth-order valence-corrected chi connectivity index (χ4v) is 6.61. The van der Waals surface area contributed by atoms with E-state index < -0.39 is 10.0 Å². The van der Waals surface area contributed by atoms with Crippen molar-refractivity contribution in [3.05, 3.63) is 12.2 Å². The van der Waals surface area contributed by atoms with Gasteiger partial charge in [-0.25, -0.2) is 13.1 Å². The van der Waals surface area contributed by atoms with Crippen LogP contribution in [0.15, 0.2) is 12.2 Å². The predicted molar refractivity (Wildman–Crippen MR) is 106 cm³/mol. The van der Waals surface area contributed by atoms with Crippen molar-refractivity contribution in [3.8, 4) is 0 Å². The van der Waals surface area contributed by atoms with Gasteiger partial charge in [0, 0.05) is 19.6 Å². The van der Waals surface area contributed by atoms with Crippen molar-refractivity contribution < 1.29 is 13.2 Å². The Bertz CT molecular complexity index is 586. The first-order valence-corrected chi connectivity index (χ1v) is 12.1. The smallest absolute Gasteiger partial charge is 0.212 e. The molecule has 0 unspecified atom stereocenters.